The molecule has 2 unspecified atom stereocenters. The van der Waals surface area contributed by atoms with E-state index in [9.17, 15) is 9.18 Å². The second-order valence-corrected chi connectivity index (χ2v) is 9.53. The van der Waals surface area contributed by atoms with Crippen LogP contribution in [0.3, 0.4) is 0 Å². The molecule has 2 N–H and O–H groups in total. The molecule has 37 heavy (non-hydrogen) atoms. The van der Waals surface area contributed by atoms with Gasteiger partial charge in [0.2, 0.25) is 5.91 Å². The average molecular weight is 515 g/mol. The minimum atomic E-state index is -0.315. The van der Waals surface area contributed by atoms with Crippen molar-refractivity contribution in [2.45, 2.75) is 32.4 Å². The molecule has 1 aliphatic rings. The maximum Gasteiger partial charge on any atom is 0.226 e. The van der Waals surface area contributed by atoms with E-state index < -0.39 is 0 Å². The maximum absolute atomic E-state index is 13.4. The van der Waals surface area contributed by atoms with E-state index in [1.807, 2.05) is 67.3 Å². The van der Waals surface area contributed by atoms with E-state index in [2.05, 4.69) is 15.6 Å². The lowest BCUT2D eigenvalue weighted by Crippen LogP contribution is -2.32. The molecule has 2 aromatic heterocycles. The summed E-state index contributed by atoms with van der Waals surface area (Å²) in [5.41, 5.74) is 4.49. The summed E-state index contributed by atoms with van der Waals surface area (Å²) in [6.07, 6.45) is 1.98. The van der Waals surface area contributed by atoms with Gasteiger partial charge in [0.25, 0.3) is 0 Å². The van der Waals surface area contributed by atoms with Gasteiger partial charge in [0.15, 0.2) is 5.11 Å². The molecule has 0 bridgehead atoms. The van der Waals surface area contributed by atoms with Crippen LogP contribution in [-0.4, -0.2) is 27.4 Å². The zero-order valence-electron chi connectivity index (χ0n) is 20.6. The van der Waals surface area contributed by atoms with E-state index in [4.69, 9.17) is 16.6 Å². The van der Waals surface area contributed by atoms with Crippen LogP contribution in [0.15, 0.2) is 83.4 Å². The van der Waals surface area contributed by atoms with Crippen LogP contribution < -0.4 is 10.6 Å². The Balaban J connectivity index is 1.39. The fourth-order valence-corrected chi connectivity index (χ4v) is 4.87. The third kappa shape index (κ3) is 5.39. The Morgan fingerprint density at radius 1 is 1.11 bits per heavy atom. The van der Waals surface area contributed by atoms with E-state index in [0.29, 0.717) is 23.2 Å². The average Bonchev–Trinajstić information content (AvgIpc) is 3.50. The third-order valence-corrected chi connectivity index (χ3v) is 6.84. The first-order valence-electron chi connectivity index (χ1n) is 12.1. The van der Waals surface area contributed by atoms with Crippen LogP contribution in [0.4, 0.5) is 10.1 Å². The molecular formula is C29H27FN4O2S. The van der Waals surface area contributed by atoms with Crippen LogP contribution in [0.5, 0.6) is 0 Å². The summed E-state index contributed by atoms with van der Waals surface area (Å²) < 4.78 is 19.7. The predicted molar refractivity (Wildman–Crippen MR) is 145 cm³/mol. The summed E-state index contributed by atoms with van der Waals surface area (Å²) in [6.45, 7) is 4.36. The standard InChI is InChI=1S/C29H27FN4O2S/c1-18-6-7-19(2)23(17-18)32-26(35)14-16-34-28(27(33-29(34)37)22-5-3-4-15-31-22)25-13-12-24(36-25)20-8-10-21(30)11-9-20/h3-13,15,17,27-28H,14,16H2,1-2H3,(H,32,35)(H,33,37). The lowest BCUT2D eigenvalue weighted by atomic mass is 10.0. The number of benzene rings is 2. The largest absolute Gasteiger partial charge is 0.459 e. The first kappa shape index (κ1) is 24.6. The number of carbonyl (C=O) groups is 1. The van der Waals surface area contributed by atoms with Crippen molar-refractivity contribution in [2.75, 3.05) is 11.9 Å². The second kappa shape index (κ2) is 10.5. The van der Waals surface area contributed by atoms with Gasteiger partial charge < -0.3 is 20.0 Å². The number of amides is 1. The number of rotatable bonds is 7. The normalized spacial score (nSPS) is 17.1. The Bertz CT molecular complexity index is 1420. The molecule has 0 saturated carbocycles. The number of carbonyl (C=O) groups excluding carboxylic acids is 1. The number of nitrogens with one attached hydrogen (secondary N) is 2. The van der Waals surface area contributed by atoms with Crippen molar-refractivity contribution in [3.63, 3.8) is 0 Å². The van der Waals surface area contributed by atoms with Gasteiger partial charge in [-0.3, -0.25) is 9.78 Å². The zero-order valence-corrected chi connectivity index (χ0v) is 21.4. The van der Waals surface area contributed by atoms with Gasteiger partial charge in [0, 0.05) is 30.4 Å². The highest BCUT2D eigenvalue weighted by atomic mass is 32.1. The molecule has 1 saturated heterocycles. The van der Waals surface area contributed by atoms with Crippen molar-refractivity contribution >= 4 is 28.9 Å². The number of halogens is 1. The highest BCUT2D eigenvalue weighted by Crippen LogP contribution is 2.40. The van der Waals surface area contributed by atoms with Crippen molar-refractivity contribution in [1.29, 1.82) is 0 Å². The molecule has 3 heterocycles. The second-order valence-electron chi connectivity index (χ2n) is 9.15. The van der Waals surface area contributed by atoms with E-state index in [-0.39, 0.29) is 30.2 Å². The molecule has 0 spiro atoms. The highest BCUT2D eigenvalue weighted by molar-refractivity contribution is 7.80. The molecule has 1 fully saturated rings. The zero-order chi connectivity index (χ0) is 25.9. The van der Waals surface area contributed by atoms with Gasteiger partial charge in [-0.15, -0.1) is 0 Å². The summed E-state index contributed by atoms with van der Waals surface area (Å²) in [5.74, 6) is 0.904. The lowest BCUT2D eigenvalue weighted by Gasteiger charge is -2.26. The molecule has 2 aromatic carbocycles. The third-order valence-electron chi connectivity index (χ3n) is 6.49. The van der Waals surface area contributed by atoms with Crippen LogP contribution >= 0.6 is 12.2 Å². The van der Waals surface area contributed by atoms with Gasteiger partial charge in [0.1, 0.15) is 23.4 Å². The fourth-order valence-electron chi connectivity index (χ4n) is 4.54. The molecular weight excluding hydrogens is 487 g/mol. The molecule has 0 aliphatic carbocycles. The first-order valence-corrected chi connectivity index (χ1v) is 12.5. The number of thiocarbonyl (C=S) groups is 1. The Labute approximate surface area is 220 Å². The van der Waals surface area contributed by atoms with Crippen molar-refractivity contribution in [2.24, 2.45) is 0 Å². The van der Waals surface area contributed by atoms with Gasteiger partial charge in [0.05, 0.1) is 11.7 Å². The minimum absolute atomic E-state index is 0.0945. The molecule has 8 heteroatoms. The first-order chi connectivity index (χ1) is 17.9. The van der Waals surface area contributed by atoms with Gasteiger partial charge in [-0.2, -0.15) is 0 Å². The fraction of sp³-hybridized carbons (Fsp3) is 0.207. The van der Waals surface area contributed by atoms with Crippen LogP contribution in [-0.2, 0) is 4.79 Å². The van der Waals surface area contributed by atoms with Crippen molar-refractivity contribution in [3.05, 3.63) is 107 Å². The minimum Gasteiger partial charge on any atom is -0.459 e. The Morgan fingerprint density at radius 3 is 2.68 bits per heavy atom. The number of aromatic nitrogens is 1. The lowest BCUT2D eigenvalue weighted by molar-refractivity contribution is -0.116. The molecule has 188 valence electrons. The van der Waals surface area contributed by atoms with Crippen LogP contribution in [0.2, 0.25) is 0 Å². The molecule has 1 aliphatic heterocycles. The molecule has 5 rings (SSSR count). The van der Waals surface area contributed by atoms with Gasteiger partial charge >= 0.3 is 0 Å². The number of pyridine rings is 1. The summed E-state index contributed by atoms with van der Waals surface area (Å²) in [4.78, 5) is 19.4. The van der Waals surface area contributed by atoms with Crippen molar-refractivity contribution in [3.8, 4) is 11.3 Å². The van der Waals surface area contributed by atoms with Crippen LogP contribution in [0, 0.1) is 19.7 Å². The van der Waals surface area contributed by atoms with E-state index in [1.54, 1.807) is 18.3 Å². The highest BCUT2D eigenvalue weighted by Gasteiger charge is 2.41. The van der Waals surface area contributed by atoms with E-state index in [1.165, 1.54) is 12.1 Å². The number of nitrogens with zero attached hydrogens (tertiary/aromatic N) is 2. The number of hydrogen-bond acceptors (Lipinski definition) is 4. The maximum atomic E-state index is 13.4. The number of aryl methyl sites for hydroxylation is 2. The SMILES string of the molecule is Cc1ccc(C)c(NC(=O)CCN2C(=S)NC(c3ccccn3)C2c2ccc(-c3ccc(F)cc3)o2)c1. The number of hydrogen-bond donors (Lipinski definition) is 2. The van der Waals surface area contributed by atoms with E-state index in [0.717, 1.165) is 28.1 Å². The summed E-state index contributed by atoms with van der Waals surface area (Å²) in [6, 6.07) is 21.1. The smallest absolute Gasteiger partial charge is 0.226 e. The molecule has 2 atom stereocenters. The Kier molecular flexibility index (Phi) is 7.01. The molecule has 1 amide bonds. The number of anilines is 1. The van der Waals surface area contributed by atoms with Gasteiger partial charge in [-0.25, -0.2) is 4.39 Å². The number of furan rings is 1. The van der Waals surface area contributed by atoms with E-state index >= 15 is 0 Å². The van der Waals surface area contributed by atoms with Crippen molar-refractivity contribution in [1.82, 2.24) is 15.2 Å². The van der Waals surface area contributed by atoms with Crippen LogP contribution in [0.25, 0.3) is 11.3 Å². The molecule has 0 radical (unpaired) electrons. The van der Waals surface area contributed by atoms with Crippen LogP contribution in [0.1, 0.15) is 41.1 Å². The quantitative estimate of drug-likeness (QED) is 0.291. The van der Waals surface area contributed by atoms with Gasteiger partial charge in [-0.05, 0) is 91.8 Å². The van der Waals surface area contributed by atoms with Crippen molar-refractivity contribution < 1.29 is 13.6 Å². The Morgan fingerprint density at radius 2 is 1.92 bits per heavy atom. The Hall–Kier alpha value is -4.04. The summed E-state index contributed by atoms with van der Waals surface area (Å²) >= 11 is 5.70. The summed E-state index contributed by atoms with van der Waals surface area (Å²) in [7, 11) is 0. The summed E-state index contributed by atoms with van der Waals surface area (Å²) in [5, 5.41) is 6.92. The molecule has 4 aromatic rings. The van der Waals surface area contributed by atoms with Gasteiger partial charge in [-0.1, -0.05) is 18.2 Å². The monoisotopic (exact) mass is 514 g/mol. The topological polar surface area (TPSA) is 70.4 Å². The predicted octanol–water partition coefficient (Wildman–Crippen LogP) is 6.10. The molecule has 6 nitrogen and oxygen atoms in total.